The summed E-state index contributed by atoms with van der Waals surface area (Å²) in [5.41, 5.74) is 5.22. The number of nitrogens with zero attached hydrogens (tertiary/aromatic N) is 3. The van der Waals surface area contributed by atoms with Gasteiger partial charge in [0.2, 0.25) is 5.76 Å². The average molecular weight is 384 g/mol. The van der Waals surface area contributed by atoms with E-state index in [4.69, 9.17) is 18.5 Å². The lowest BCUT2D eigenvalue weighted by Gasteiger charge is -2.26. The Morgan fingerprint density at radius 3 is 2.75 bits per heavy atom. The van der Waals surface area contributed by atoms with Crippen LogP contribution in [0.3, 0.4) is 0 Å². The van der Waals surface area contributed by atoms with Crippen molar-refractivity contribution in [3.63, 3.8) is 0 Å². The third kappa shape index (κ3) is 4.05. The van der Waals surface area contributed by atoms with Gasteiger partial charge >= 0.3 is 5.91 Å². The standard InChI is InChI=1S/C19H20N4O5/c1-13-15(18(22-27-13)14-5-3-2-4-6-14)12-26-17-11-16(28-21-17)19(24)20-23-7-9-25-10-8-23/h2-6,11H,7-10,12H2,1H3,(H,20,24). The summed E-state index contributed by atoms with van der Waals surface area (Å²) < 4.78 is 21.4. The number of hydrogen-bond donors (Lipinski definition) is 1. The molecule has 0 atom stereocenters. The van der Waals surface area contributed by atoms with E-state index in [1.165, 1.54) is 6.07 Å². The zero-order chi connectivity index (χ0) is 19.3. The zero-order valence-corrected chi connectivity index (χ0v) is 15.4. The van der Waals surface area contributed by atoms with Gasteiger partial charge < -0.3 is 18.5 Å². The molecular formula is C19H20N4O5. The Labute approximate surface area is 161 Å². The minimum absolute atomic E-state index is 0.0758. The molecule has 3 heterocycles. The van der Waals surface area contributed by atoms with Crippen molar-refractivity contribution >= 4 is 5.91 Å². The number of amides is 1. The summed E-state index contributed by atoms with van der Waals surface area (Å²) in [4.78, 5) is 12.2. The van der Waals surface area contributed by atoms with E-state index in [0.29, 0.717) is 37.8 Å². The summed E-state index contributed by atoms with van der Waals surface area (Å²) in [6.07, 6.45) is 0. The minimum Gasteiger partial charge on any atom is -0.470 e. The number of rotatable bonds is 6. The summed E-state index contributed by atoms with van der Waals surface area (Å²) in [6.45, 7) is 4.41. The van der Waals surface area contributed by atoms with Crippen LogP contribution in [0.25, 0.3) is 11.3 Å². The summed E-state index contributed by atoms with van der Waals surface area (Å²) in [5, 5.41) is 9.71. The molecule has 1 aliphatic heterocycles. The van der Waals surface area contributed by atoms with Gasteiger partial charge in [-0.05, 0) is 12.1 Å². The van der Waals surface area contributed by atoms with Gasteiger partial charge in [-0.3, -0.25) is 10.2 Å². The number of aryl methyl sites for hydroxylation is 1. The highest BCUT2D eigenvalue weighted by atomic mass is 16.5. The fourth-order valence-electron chi connectivity index (χ4n) is 2.84. The fraction of sp³-hybridized carbons (Fsp3) is 0.316. The zero-order valence-electron chi connectivity index (χ0n) is 15.4. The number of hydrazine groups is 1. The second-order valence-corrected chi connectivity index (χ2v) is 6.29. The highest BCUT2D eigenvalue weighted by molar-refractivity contribution is 5.91. The van der Waals surface area contributed by atoms with E-state index in [1.807, 2.05) is 37.3 Å². The molecule has 1 fully saturated rings. The van der Waals surface area contributed by atoms with E-state index >= 15 is 0 Å². The first-order chi connectivity index (χ1) is 13.7. The smallest absolute Gasteiger partial charge is 0.304 e. The van der Waals surface area contributed by atoms with Crippen LogP contribution in [0.2, 0.25) is 0 Å². The lowest BCUT2D eigenvalue weighted by Crippen LogP contribution is -2.48. The molecule has 0 radical (unpaired) electrons. The molecule has 1 aliphatic rings. The number of aromatic nitrogens is 2. The van der Waals surface area contributed by atoms with E-state index in [0.717, 1.165) is 11.1 Å². The quantitative estimate of drug-likeness (QED) is 0.690. The molecule has 4 rings (SSSR count). The maximum Gasteiger partial charge on any atom is 0.304 e. The van der Waals surface area contributed by atoms with Crippen LogP contribution in [0.4, 0.5) is 0 Å². The van der Waals surface area contributed by atoms with Crippen LogP contribution < -0.4 is 10.2 Å². The van der Waals surface area contributed by atoms with E-state index in [9.17, 15) is 4.79 Å². The van der Waals surface area contributed by atoms with Gasteiger partial charge in [-0.15, -0.1) is 0 Å². The van der Waals surface area contributed by atoms with Crippen molar-refractivity contribution < 1.29 is 23.3 Å². The Morgan fingerprint density at radius 1 is 1.18 bits per heavy atom. The molecule has 1 amide bonds. The van der Waals surface area contributed by atoms with Gasteiger partial charge in [0.15, 0.2) is 0 Å². The lowest BCUT2D eigenvalue weighted by atomic mass is 10.1. The van der Waals surface area contributed by atoms with E-state index in [2.05, 4.69) is 15.7 Å². The predicted molar refractivity (Wildman–Crippen MR) is 97.4 cm³/mol. The number of benzene rings is 1. The summed E-state index contributed by atoms with van der Waals surface area (Å²) in [5.74, 6) is 0.571. The molecule has 1 saturated heterocycles. The molecule has 0 aliphatic carbocycles. The van der Waals surface area contributed by atoms with Gasteiger partial charge in [-0.25, -0.2) is 5.01 Å². The van der Waals surface area contributed by atoms with Gasteiger partial charge in [-0.1, -0.05) is 35.5 Å². The highest BCUT2D eigenvalue weighted by Gasteiger charge is 2.20. The topological polar surface area (TPSA) is 103 Å². The van der Waals surface area contributed by atoms with E-state index < -0.39 is 0 Å². The van der Waals surface area contributed by atoms with Crippen molar-refractivity contribution in [2.24, 2.45) is 0 Å². The van der Waals surface area contributed by atoms with Crippen molar-refractivity contribution in [1.29, 1.82) is 0 Å². The van der Waals surface area contributed by atoms with Gasteiger partial charge in [-0.2, -0.15) is 0 Å². The number of hydrogen-bond acceptors (Lipinski definition) is 8. The highest BCUT2D eigenvalue weighted by Crippen LogP contribution is 2.26. The molecule has 9 nitrogen and oxygen atoms in total. The van der Waals surface area contributed by atoms with Crippen molar-refractivity contribution in [3.8, 4) is 17.1 Å². The fourth-order valence-corrected chi connectivity index (χ4v) is 2.84. The Morgan fingerprint density at radius 2 is 1.96 bits per heavy atom. The maximum atomic E-state index is 12.2. The molecule has 0 spiro atoms. The normalized spacial score (nSPS) is 14.8. The van der Waals surface area contributed by atoms with Gasteiger partial charge in [0.1, 0.15) is 18.1 Å². The molecule has 146 valence electrons. The van der Waals surface area contributed by atoms with Crippen molar-refractivity contribution in [3.05, 3.63) is 53.5 Å². The van der Waals surface area contributed by atoms with Gasteiger partial charge in [0.05, 0.1) is 24.8 Å². The molecule has 9 heteroatoms. The summed E-state index contributed by atoms with van der Waals surface area (Å²) in [7, 11) is 0. The molecule has 3 aromatic rings. The molecule has 1 N–H and O–H groups in total. The summed E-state index contributed by atoms with van der Waals surface area (Å²) >= 11 is 0. The third-order valence-corrected chi connectivity index (χ3v) is 4.38. The average Bonchev–Trinajstić information content (AvgIpc) is 3.34. The van der Waals surface area contributed by atoms with Crippen molar-refractivity contribution in [1.82, 2.24) is 20.7 Å². The second-order valence-electron chi connectivity index (χ2n) is 6.29. The van der Waals surface area contributed by atoms with E-state index in [-0.39, 0.29) is 24.2 Å². The number of morpholine rings is 1. The third-order valence-electron chi connectivity index (χ3n) is 4.38. The molecule has 0 unspecified atom stereocenters. The van der Waals surface area contributed by atoms with Crippen LogP contribution >= 0.6 is 0 Å². The van der Waals surface area contributed by atoms with Crippen LogP contribution in [0.1, 0.15) is 21.9 Å². The monoisotopic (exact) mass is 384 g/mol. The van der Waals surface area contributed by atoms with Crippen LogP contribution in [0.15, 0.2) is 45.4 Å². The van der Waals surface area contributed by atoms with Crippen LogP contribution in [0.5, 0.6) is 5.88 Å². The number of nitrogens with one attached hydrogen (secondary N) is 1. The first-order valence-electron chi connectivity index (χ1n) is 8.94. The molecule has 28 heavy (non-hydrogen) atoms. The Hall–Kier alpha value is -3.17. The van der Waals surface area contributed by atoms with Gasteiger partial charge in [0.25, 0.3) is 5.88 Å². The summed E-state index contributed by atoms with van der Waals surface area (Å²) in [6, 6.07) is 11.2. The maximum absolute atomic E-state index is 12.2. The lowest BCUT2D eigenvalue weighted by molar-refractivity contribution is 0.0116. The predicted octanol–water partition coefficient (Wildman–Crippen LogP) is 2.19. The van der Waals surface area contributed by atoms with Crippen molar-refractivity contribution in [2.45, 2.75) is 13.5 Å². The molecule has 2 aromatic heterocycles. The van der Waals surface area contributed by atoms with Crippen molar-refractivity contribution in [2.75, 3.05) is 26.3 Å². The van der Waals surface area contributed by atoms with E-state index in [1.54, 1.807) is 5.01 Å². The molecular weight excluding hydrogens is 364 g/mol. The van der Waals surface area contributed by atoms with Crippen LogP contribution in [-0.4, -0.2) is 47.5 Å². The first kappa shape index (κ1) is 18.2. The minimum atomic E-state index is -0.379. The Balaban J connectivity index is 1.40. The molecule has 0 bridgehead atoms. The SMILES string of the molecule is Cc1onc(-c2ccccc2)c1COc1cc(C(=O)NN2CCOCC2)on1. The number of ether oxygens (including phenoxy) is 2. The largest absolute Gasteiger partial charge is 0.470 e. The van der Waals surface area contributed by atoms with Gasteiger partial charge in [0, 0.05) is 18.7 Å². The van der Waals surface area contributed by atoms with Crippen LogP contribution in [-0.2, 0) is 11.3 Å². The Kier molecular flexibility index (Phi) is 5.36. The molecule has 1 aromatic carbocycles. The van der Waals surface area contributed by atoms with Crippen LogP contribution in [0, 0.1) is 6.92 Å². The second kappa shape index (κ2) is 8.24. The first-order valence-corrected chi connectivity index (χ1v) is 8.94. The number of carbonyl (C=O) groups is 1. The number of carbonyl (C=O) groups excluding carboxylic acids is 1. The Bertz CT molecular complexity index is 931. The molecule has 0 saturated carbocycles.